The number of rotatable bonds is 5. The predicted octanol–water partition coefficient (Wildman–Crippen LogP) is 2.59. The van der Waals surface area contributed by atoms with Gasteiger partial charge < -0.3 is 15.0 Å². The maximum atomic E-state index is 12.3. The third-order valence-electron chi connectivity index (χ3n) is 3.30. The zero-order chi connectivity index (χ0) is 15.5. The molecular formula is C14H17F3N2O2. The summed E-state index contributed by atoms with van der Waals surface area (Å²) in [6.45, 7) is 4.58. The van der Waals surface area contributed by atoms with Crippen LogP contribution < -0.4 is 10.2 Å². The van der Waals surface area contributed by atoms with Crippen LogP contribution in [0.3, 0.4) is 0 Å². The number of carbonyl (C=O) groups excluding carboxylic acids is 1. The molecule has 21 heavy (non-hydrogen) atoms. The van der Waals surface area contributed by atoms with Gasteiger partial charge in [0.05, 0.1) is 6.61 Å². The molecule has 0 unspecified atom stereocenters. The molecule has 0 saturated carbocycles. The standard InChI is InChI=1S/C14H17F3N2O2/c1-2-21-8-7-19-6-5-10-3-4-11(9-12(10)19)18-13(20)14(15,16)17/h3-4,9H,2,5-8H2,1H3,(H,18,20). The average molecular weight is 302 g/mol. The normalized spacial score (nSPS) is 14.2. The van der Waals surface area contributed by atoms with Crippen LogP contribution in [-0.2, 0) is 16.0 Å². The summed E-state index contributed by atoms with van der Waals surface area (Å²) in [5, 5.41) is 1.88. The van der Waals surface area contributed by atoms with Crippen molar-refractivity contribution in [3.63, 3.8) is 0 Å². The minimum atomic E-state index is -4.88. The van der Waals surface area contributed by atoms with Crippen LogP contribution in [0.25, 0.3) is 0 Å². The summed E-state index contributed by atoms with van der Waals surface area (Å²) in [5.74, 6) is -1.96. The molecule has 1 aromatic carbocycles. The van der Waals surface area contributed by atoms with E-state index in [1.165, 1.54) is 6.07 Å². The van der Waals surface area contributed by atoms with Crippen molar-refractivity contribution in [3.05, 3.63) is 23.8 Å². The topological polar surface area (TPSA) is 41.6 Å². The van der Waals surface area contributed by atoms with E-state index in [0.717, 1.165) is 24.2 Å². The lowest BCUT2D eigenvalue weighted by molar-refractivity contribution is -0.167. The minimum Gasteiger partial charge on any atom is -0.380 e. The van der Waals surface area contributed by atoms with E-state index in [1.807, 2.05) is 17.1 Å². The van der Waals surface area contributed by atoms with Crippen molar-refractivity contribution >= 4 is 17.3 Å². The fourth-order valence-electron chi connectivity index (χ4n) is 2.28. The van der Waals surface area contributed by atoms with Crippen LogP contribution in [0.4, 0.5) is 24.5 Å². The van der Waals surface area contributed by atoms with Gasteiger partial charge in [-0.3, -0.25) is 4.79 Å². The molecule has 0 spiro atoms. The van der Waals surface area contributed by atoms with Crippen molar-refractivity contribution in [2.24, 2.45) is 0 Å². The van der Waals surface area contributed by atoms with E-state index in [2.05, 4.69) is 0 Å². The zero-order valence-corrected chi connectivity index (χ0v) is 11.7. The fourth-order valence-corrected chi connectivity index (χ4v) is 2.28. The Morgan fingerprint density at radius 2 is 2.19 bits per heavy atom. The highest BCUT2D eigenvalue weighted by Gasteiger charge is 2.38. The minimum absolute atomic E-state index is 0.152. The van der Waals surface area contributed by atoms with Crippen molar-refractivity contribution in [1.82, 2.24) is 0 Å². The van der Waals surface area contributed by atoms with E-state index >= 15 is 0 Å². The van der Waals surface area contributed by atoms with Gasteiger partial charge in [0.25, 0.3) is 0 Å². The summed E-state index contributed by atoms with van der Waals surface area (Å²) < 4.78 is 42.0. The first kappa shape index (κ1) is 15.6. The number of alkyl halides is 3. The SMILES string of the molecule is CCOCCN1CCc2ccc(NC(=O)C(F)(F)F)cc21. The second-order valence-electron chi connectivity index (χ2n) is 4.73. The molecule has 7 heteroatoms. The lowest BCUT2D eigenvalue weighted by Gasteiger charge is -2.20. The number of nitrogens with zero attached hydrogens (tertiary/aromatic N) is 1. The Hall–Kier alpha value is -1.76. The Balaban J connectivity index is 2.07. The molecule has 0 saturated heterocycles. The fraction of sp³-hybridized carbons (Fsp3) is 0.500. The van der Waals surface area contributed by atoms with Gasteiger partial charge in [0, 0.05) is 31.1 Å². The number of nitrogens with one attached hydrogen (secondary N) is 1. The number of anilines is 2. The molecule has 1 N–H and O–H groups in total. The second-order valence-corrected chi connectivity index (χ2v) is 4.73. The van der Waals surface area contributed by atoms with Crippen LogP contribution in [0.15, 0.2) is 18.2 Å². The van der Waals surface area contributed by atoms with Crippen LogP contribution in [0, 0.1) is 0 Å². The van der Waals surface area contributed by atoms with Crippen LogP contribution in [0.1, 0.15) is 12.5 Å². The molecule has 0 aromatic heterocycles. The Labute approximate surface area is 120 Å². The quantitative estimate of drug-likeness (QED) is 0.850. The number of benzene rings is 1. The molecule has 1 aliphatic heterocycles. The smallest absolute Gasteiger partial charge is 0.380 e. The molecule has 0 bridgehead atoms. The van der Waals surface area contributed by atoms with Crippen molar-refractivity contribution in [2.45, 2.75) is 19.5 Å². The summed E-state index contributed by atoms with van der Waals surface area (Å²) in [6.07, 6.45) is -4.04. The van der Waals surface area contributed by atoms with Gasteiger partial charge in [-0.2, -0.15) is 13.2 Å². The number of carbonyl (C=O) groups is 1. The number of hydrogen-bond acceptors (Lipinski definition) is 3. The van der Waals surface area contributed by atoms with Crippen molar-refractivity contribution in [3.8, 4) is 0 Å². The number of fused-ring (bicyclic) bond motifs is 1. The molecule has 1 aromatic rings. The van der Waals surface area contributed by atoms with Crippen molar-refractivity contribution in [1.29, 1.82) is 0 Å². The summed E-state index contributed by atoms with van der Waals surface area (Å²) in [7, 11) is 0. The molecule has 1 heterocycles. The van der Waals surface area contributed by atoms with E-state index in [4.69, 9.17) is 4.74 Å². The second kappa shape index (κ2) is 6.34. The van der Waals surface area contributed by atoms with Gasteiger partial charge in [0.15, 0.2) is 0 Å². The van der Waals surface area contributed by atoms with Gasteiger partial charge in [-0.05, 0) is 31.0 Å². The van der Waals surface area contributed by atoms with Crippen LogP contribution in [-0.4, -0.2) is 38.4 Å². The first-order chi connectivity index (χ1) is 9.91. The summed E-state index contributed by atoms with van der Waals surface area (Å²) in [5.41, 5.74) is 2.07. The van der Waals surface area contributed by atoms with E-state index in [0.29, 0.717) is 19.8 Å². The molecule has 0 aliphatic carbocycles. The first-order valence-corrected chi connectivity index (χ1v) is 6.75. The molecule has 4 nitrogen and oxygen atoms in total. The number of hydrogen-bond donors (Lipinski definition) is 1. The largest absolute Gasteiger partial charge is 0.471 e. The van der Waals surface area contributed by atoms with E-state index in [1.54, 1.807) is 12.1 Å². The van der Waals surface area contributed by atoms with Gasteiger partial charge in [0.1, 0.15) is 0 Å². The number of amides is 1. The molecular weight excluding hydrogens is 285 g/mol. The number of ether oxygens (including phenoxy) is 1. The molecule has 116 valence electrons. The Kier molecular flexibility index (Phi) is 4.72. The maximum Gasteiger partial charge on any atom is 0.471 e. The molecule has 1 amide bonds. The van der Waals surface area contributed by atoms with Crippen LogP contribution in [0.2, 0.25) is 0 Å². The van der Waals surface area contributed by atoms with Crippen molar-refractivity contribution < 1.29 is 22.7 Å². The van der Waals surface area contributed by atoms with Gasteiger partial charge in [0.2, 0.25) is 0 Å². The van der Waals surface area contributed by atoms with Crippen LogP contribution in [0.5, 0.6) is 0 Å². The van der Waals surface area contributed by atoms with E-state index < -0.39 is 12.1 Å². The first-order valence-electron chi connectivity index (χ1n) is 6.75. The lowest BCUT2D eigenvalue weighted by atomic mass is 10.1. The molecule has 0 radical (unpaired) electrons. The van der Waals surface area contributed by atoms with Gasteiger partial charge in [-0.1, -0.05) is 6.07 Å². The molecule has 1 aliphatic rings. The van der Waals surface area contributed by atoms with E-state index in [-0.39, 0.29) is 5.69 Å². The zero-order valence-electron chi connectivity index (χ0n) is 11.7. The summed E-state index contributed by atoms with van der Waals surface area (Å²) in [6, 6.07) is 4.83. The summed E-state index contributed by atoms with van der Waals surface area (Å²) in [4.78, 5) is 13.0. The van der Waals surface area contributed by atoms with Crippen LogP contribution >= 0.6 is 0 Å². The maximum absolute atomic E-state index is 12.3. The molecule has 2 rings (SSSR count). The van der Waals surface area contributed by atoms with Gasteiger partial charge in [-0.15, -0.1) is 0 Å². The third kappa shape index (κ3) is 3.87. The Bertz CT molecular complexity index is 517. The predicted molar refractivity (Wildman–Crippen MR) is 73.5 cm³/mol. The highest BCUT2D eigenvalue weighted by Crippen LogP contribution is 2.31. The Morgan fingerprint density at radius 1 is 1.43 bits per heavy atom. The monoisotopic (exact) mass is 302 g/mol. The highest BCUT2D eigenvalue weighted by atomic mass is 19.4. The highest BCUT2D eigenvalue weighted by molar-refractivity contribution is 5.95. The lowest BCUT2D eigenvalue weighted by Crippen LogP contribution is -2.30. The van der Waals surface area contributed by atoms with Gasteiger partial charge >= 0.3 is 12.1 Å². The van der Waals surface area contributed by atoms with Crippen molar-refractivity contribution in [2.75, 3.05) is 36.5 Å². The Morgan fingerprint density at radius 3 is 2.86 bits per heavy atom. The van der Waals surface area contributed by atoms with E-state index in [9.17, 15) is 18.0 Å². The summed E-state index contributed by atoms with van der Waals surface area (Å²) >= 11 is 0. The third-order valence-corrected chi connectivity index (χ3v) is 3.30. The van der Waals surface area contributed by atoms with Gasteiger partial charge in [-0.25, -0.2) is 0 Å². The molecule has 0 atom stereocenters. The molecule has 0 fully saturated rings. The average Bonchev–Trinajstić information content (AvgIpc) is 2.81. The number of halogens is 3.